The Labute approximate surface area is 98.1 Å². The van der Waals surface area contributed by atoms with E-state index in [4.69, 9.17) is 4.52 Å². The van der Waals surface area contributed by atoms with E-state index in [1.165, 1.54) is 12.1 Å². The number of aliphatic hydroxyl groups is 1. The monoisotopic (exact) mass is 236 g/mol. The number of benzene rings is 1. The first-order valence-electron chi connectivity index (χ1n) is 5.37. The van der Waals surface area contributed by atoms with E-state index in [0.717, 1.165) is 5.56 Å². The first-order valence-corrected chi connectivity index (χ1v) is 5.37. The van der Waals surface area contributed by atoms with Crippen molar-refractivity contribution in [2.24, 2.45) is 0 Å². The number of rotatable bonds is 4. The molecular weight excluding hydrogens is 223 g/mol. The SMILES string of the molecule is CC(O)Cc1noc(Cc2ccc(F)cc2)n1. The number of halogens is 1. The molecule has 0 bridgehead atoms. The molecule has 4 nitrogen and oxygen atoms in total. The zero-order valence-electron chi connectivity index (χ0n) is 9.43. The first kappa shape index (κ1) is 11.7. The summed E-state index contributed by atoms with van der Waals surface area (Å²) in [6.45, 7) is 1.66. The van der Waals surface area contributed by atoms with Crippen molar-refractivity contribution >= 4 is 0 Å². The fourth-order valence-electron chi connectivity index (χ4n) is 1.49. The van der Waals surface area contributed by atoms with Crippen LogP contribution < -0.4 is 0 Å². The highest BCUT2D eigenvalue weighted by Gasteiger charge is 2.09. The molecule has 0 fully saturated rings. The number of hydrogen-bond donors (Lipinski definition) is 1. The molecule has 1 atom stereocenters. The topological polar surface area (TPSA) is 59.2 Å². The molecule has 17 heavy (non-hydrogen) atoms. The van der Waals surface area contributed by atoms with E-state index in [1.807, 2.05) is 0 Å². The third kappa shape index (κ3) is 3.35. The highest BCUT2D eigenvalue weighted by Crippen LogP contribution is 2.09. The maximum atomic E-state index is 12.7. The van der Waals surface area contributed by atoms with Gasteiger partial charge in [-0.15, -0.1) is 0 Å². The number of hydrogen-bond acceptors (Lipinski definition) is 4. The van der Waals surface area contributed by atoms with Crippen molar-refractivity contribution in [2.75, 3.05) is 0 Å². The van der Waals surface area contributed by atoms with Gasteiger partial charge in [0.05, 0.1) is 12.5 Å². The van der Waals surface area contributed by atoms with Crippen LogP contribution in [0.3, 0.4) is 0 Å². The van der Waals surface area contributed by atoms with Gasteiger partial charge in [0.1, 0.15) is 5.82 Å². The molecule has 0 aliphatic heterocycles. The molecule has 5 heteroatoms. The average Bonchev–Trinajstić information content (AvgIpc) is 2.68. The van der Waals surface area contributed by atoms with E-state index in [-0.39, 0.29) is 5.82 Å². The highest BCUT2D eigenvalue weighted by molar-refractivity contribution is 5.19. The molecule has 0 amide bonds. The molecule has 0 saturated carbocycles. The summed E-state index contributed by atoms with van der Waals surface area (Å²) < 4.78 is 17.7. The standard InChI is InChI=1S/C12H13FN2O2/c1-8(16)6-11-14-12(17-15-11)7-9-2-4-10(13)5-3-9/h2-5,8,16H,6-7H2,1H3. The van der Waals surface area contributed by atoms with Gasteiger partial charge in [0.25, 0.3) is 0 Å². The second-order valence-electron chi connectivity index (χ2n) is 3.96. The molecule has 1 unspecified atom stereocenters. The Bertz CT molecular complexity index is 480. The van der Waals surface area contributed by atoms with E-state index >= 15 is 0 Å². The van der Waals surface area contributed by atoms with E-state index < -0.39 is 6.10 Å². The van der Waals surface area contributed by atoms with Crippen LogP contribution in [0, 0.1) is 5.82 Å². The van der Waals surface area contributed by atoms with Crippen molar-refractivity contribution in [3.8, 4) is 0 Å². The van der Waals surface area contributed by atoms with Crippen LogP contribution in [0.5, 0.6) is 0 Å². The summed E-state index contributed by atoms with van der Waals surface area (Å²) >= 11 is 0. The van der Waals surface area contributed by atoms with Gasteiger partial charge in [0.2, 0.25) is 5.89 Å². The maximum Gasteiger partial charge on any atom is 0.231 e. The molecule has 0 aliphatic carbocycles. The Morgan fingerprint density at radius 1 is 1.35 bits per heavy atom. The maximum absolute atomic E-state index is 12.7. The summed E-state index contributed by atoms with van der Waals surface area (Å²) in [5.41, 5.74) is 0.902. The van der Waals surface area contributed by atoms with Crippen LogP contribution in [0.15, 0.2) is 28.8 Å². The number of aromatic nitrogens is 2. The molecule has 2 rings (SSSR count). The van der Waals surface area contributed by atoms with E-state index in [0.29, 0.717) is 24.6 Å². The van der Waals surface area contributed by atoms with Crippen molar-refractivity contribution in [3.05, 3.63) is 47.4 Å². The van der Waals surface area contributed by atoms with Gasteiger partial charge in [0, 0.05) is 6.42 Å². The Balaban J connectivity index is 2.03. The van der Waals surface area contributed by atoms with Gasteiger partial charge in [-0.1, -0.05) is 17.3 Å². The summed E-state index contributed by atoms with van der Waals surface area (Å²) in [5, 5.41) is 12.9. The minimum Gasteiger partial charge on any atom is -0.393 e. The van der Waals surface area contributed by atoms with Crippen LogP contribution >= 0.6 is 0 Å². The second-order valence-corrected chi connectivity index (χ2v) is 3.96. The lowest BCUT2D eigenvalue weighted by atomic mass is 10.1. The van der Waals surface area contributed by atoms with Crippen LogP contribution in [-0.4, -0.2) is 21.4 Å². The minimum absolute atomic E-state index is 0.269. The van der Waals surface area contributed by atoms with Gasteiger partial charge >= 0.3 is 0 Å². The van der Waals surface area contributed by atoms with E-state index in [9.17, 15) is 9.50 Å². The average molecular weight is 236 g/mol. The quantitative estimate of drug-likeness (QED) is 0.878. The molecule has 0 spiro atoms. The summed E-state index contributed by atoms with van der Waals surface area (Å²) in [4.78, 5) is 4.14. The van der Waals surface area contributed by atoms with Crippen LogP contribution in [-0.2, 0) is 12.8 Å². The first-order chi connectivity index (χ1) is 8.13. The van der Waals surface area contributed by atoms with E-state index in [1.54, 1.807) is 19.1 Å². The Morgan fingerprint density at radius 2 is 2.06 bits per heavy atom. The minimum atomic E-state index is -0.494. The third-order valence-corrected chi connectivity index (χ3v) is 2.26. The van der Waals surface area contributed by atoms with Crippen molar-refractivity contribution < 1.29 is 14.0 Å². The molecule has 90 valence electrons. The van der Waals surface area contributed by atoms with Gasteiger partial charge < -0.3 is 9.63 Å². The van der Waals surface area contributed by atoms with Gasteiger partial charge in [-0.05, 0) is 24.6 Å². The van der Waals surface area contributed by atoms with Crippen LogP contribution in [0.25, 0.3) is 0 Å². The number of nitrogens with zero attached hydrogens (tertiary/aromatic N) is 2. The summed E-state index contributed by atoms with van der Waals surface area (Å²) in [7, 11) is 0. The molecule has 0 saturated heterocycles. The Kier molecular flexibility index (Phi) is 3.49. The predicted octanol–water partition coefficient (Wildman–Crippen LogP) is 1.72. The van der Waals surface area contributed by atoms with Crippen molar-refractivity contribution in [1.82, 2.24) is 10.1 Å². The molecule has 1 N–H and O–H groups in total. The molecule has 1 aromatic heterocycles. The van der Waals surface area contributed by atoms with Crippen LogP contribution in [0.2, 0.25) is 0 Å². The van der Waals surface area contributed by atoms with Crippen molar-refractivity contribution in [3.63, 3.8) is 0 Å². The lowest BCUT2D eigenvalue weighted by molar-refractivity contribution is 0.191. The highest BCUT2D eigenvalue weighted by atomic mass is 19.1. The third-order valence-electron chi connectivity index (χ3n) is 2.26. The van der Waals surface area contributed by atoms with Crippen LogP contribution in [0.4, 0.5) is 4.39 Å². The van der Waals surface area contributed by atoms with Gasteiger partial charge in [-0.3, -0.25) is 0 Å². The van der Waals surface area contributed by atoms with Crippen molar-refractivity contribution in [2.45, 2.75) is 25.9 Å². The van der Waals surface area contributed by atoms with Crippen molar-refractivity contribution in [1.29, 1.82) is 0 Å². The molecular formula is C12H13FN2O2. The lowest BCUT2D eigenvalue weighted by Gasteiger charge is -1.96. The second kappa shape index (κ2) is 5.05. The van der Waals surface area contributed by atoms with Crippen LogP contribution in [0.1, 0.15) is 24.2 Å². The Hall–Kier alpha value is -1.75. The van der Waals surface area contributed by atoms with Gasteiger partial charge in [-0.2, -0.15) is 4.98 Å². The van der Waals surface area contributed by atoms with Gasteiger partial charge in [-0.25, -0.2) is 4.39 Å². The Morgan fingerprint density at radius 3 is 2.71 bits per heavy atom. The zero-order valence-corrected chi connectivity index (χ0v) is 9.43. The molecule has 2 aromatic rings. The zero-order chi connectivity index (χ0) is 12.3. The fraction of sp³-hybridized carbons (Fsp3) is 0.333. The fourth-order valence-corrected chi connectivity index (χ4v) is 1.49. The van der Waals surface area contributed by atoms with Gasteiger partial charge in [0.15, 0.2) is 5.82 Å². The van der Waals surface area contributed by atoms with E-state index in [2.05, 4.69) is 10.1 Å². The summed E-state index contributed by atoms with van der Waals surface area (Å²) in [6, 6.07) is 6.13. The molecule has 1 heterocycles. The molecule has 1 aromatic carbocycles. The molecule has 0 radical (unpaired) electrons. The predicted molar refractivity (Wildman–Crippen MR) is 58.9 cm³/mol. The normalized spacial score (nSPS) is 12.6. The summed E-state index contributed by atoms with van der Waals surface area (Å²) in [5.74, 6) is 0.679. The number of aliphatic hydroxyl groups excluding tert-OH is 1. The smallest absolute Gasteiger partial charge is 0.231 e. The molecule has 0 aliphatic rings. The largest absolute Gasteiger partial charge is 0.393 e. The summed E-state index contributed by atoms with van der Waals surface area (Å²) in [6.07, 6.45) is 0.339. The lowest BCUT2D eigenvalue weighted by Crippen LogP contribution is -2.05.